The minimum Gasteiger partial charge on any atom is -0.256 e. The third kappa shape index (κ3) is 4.35. The van der Waals surface area contributed by atoms with Gasteiger partial charge in [0.2, 0.25) is 0 Å². The Kier molecular flexibility index (Phi) is 6.21. The molecule has 1 atom stereocenters. The second kappa shape index (κ2) is 8.51. The van der Waals surface area contributed by atoms with Crippen LogP contribution in [0.25, 0.3) is 16.8 Å². The summed E-state index contributed by atoms with van der Waals surface area (Å²) in [5, 5.41) is 0. The molecule has 0 aliphatic carbocycles. The van der Waals surface area contributed by atoms with E-state index in [0.717, 1.165) is 34.2 Å². The highest BCUT2D eigenvalue weighted by atomic mass is 19.1. The third-order valence-electron chi connectivity index (χ3n) is 5.78. The molecular formula is C27H29F2N. The molecule has 0 aliphatic rings. The lowest BCUT2D eigenvalue weighted by Gasteiger charge is -2.23. The summed E-state index contributed by atoms with van der Waals surface area (Å²) in [5.74, 6) is -0.395. The largest absolute Gasteiger partial charge is 0.256 e. The topological polar surface area (TPSA) is 12.9 Å². The quantitative estimate of drug-likeness (QED) is 0.408. The van der Waals surface area contributed by atoms with Crippen LogP contribution in [0.3, 0.4) is 0 Å². The van der Waals surface area contributed by atoms with Gasteiger partial charge in [-0.15, -0.1) is 0 Å². The van der Waals surface area contributed by atoms with Gasteiger partial charge >= 0.3 is 0 Å². The Morgan fingerprint density at radius 2 is 1.87 bits per heavy atom. The van der Waals surface area contributed by atoms with Crippen LogP contribution in [0, 0.1) is 12.7 Å². The van der Waals surface area contributed by atoms with Crippen molar-refractivity contribution in [2.75, 3.05) is 0 Å². The highest BCUT2D eigenvalue weighted by Gasteiger charge is 2.24. The molecular weight excluding hydrogens is 376 g/mol. The second-order valence-electron chi connectivity index (χ2n) is 8.35. The number of hydrogen-bond donors (Lipinski definition) is 0. The molecule has 0 spiro atoms. The van der Waals surface area contributed by atoms with E-state index in [4.69, 9.17) is 0 Å². The lowest BCUT2D eigenvalue weighted by molar-refractivity contribution is 0.219. The first-order valence-electron chi connectivity index (χ1n) is 10.4. The minimum atomic E-state index is -1.42. The fourth-order valence-electron chi connectivity index (χ4n) is 3.85. The fraction of sp³-hybridized carbons (Fsp3) is 0.296. The van der Waals surface area contributed by atoms with E-state index in [1.165, 1.54) is 6.07 Å². The lowest BCUT2D eigenvalue weighted by atomic mass is 9.84. The van der Waals surface area contributed by atoms with Crippen molar-refractivity contribution in [3.8, 4) is 11.3 Å². The molecule has 1 nitrogen and oxygen atoms in total. The molecule has 0 saturated carbocycles. The highest BCUT2D eigenvalue weighted by molar-refractivity contribution is 5.73. The Labute approximate surface area is 178 Å². The summed E-state index contributed by atoms with van der Waals surface area (Å²) in [4.78, 5) is 4.32. The van der Waals surface area contributed by atoms with Crippen molar-refractivity contribution in [2.45, 2.75) is 52.6 Å². The molecule has 0 unspecified atom stereocenters. The molecule has 156 valence electrons. The number of rotatable bonds is 6. The second-order valence-corrected chi connectivity index (χ2v) is 8.35. The number of aromatic nitrogens is 1. The zero-order chi connectivity index (χ0) is 22.1. The maximum atomic E-state index is 14.9. The normalized spacial score (nSPS) is 12.6. The lowest BCUT2D eigenvalue weighted by Crippen LogP contribution is -2.13. The number of nitrogens with zero attached hydrogens (tertiary/aromatic N) is 1. The zero-order valence-corrected chi connectivity index (χ0v) is 18.4. The summed E-state index contributed by atoms with van der Waals surface area (Å²) in [5.41, 5.74) is 4.84. The van der Waals surface area contributed by atoms with Gasteiger partial charge in [-0.2, -0.15) is 0 Å². The maximum Gasteiger partial charge on any atom is 0.133 e. The van der Waals surface area contributed by atoms with Crippen LogP contribution in [0.2, 0.25) is 0 Å². The van der Waals surface area contributed by atoms with Crippen LogP contribution < -0.4 is 0 Å². The van der Waals surface area contributed by atoms with Crippen LogP contribution in [0.1, 0.15) is 61.4 Å². The van der Waals surface area contributed by atoms with Crippen molar-refractivity contribution in [3.63, 3.8) is 0 Å². The zero-order valence-electron chi connectivity index (χ0n) is 18.4. The van der Waals surface area contributed by atoms with Gasteiger partial charge in [0.25, 0.3) is 0 Å². The minimum absolute atomic E-state index is 0.0705. The summed E-state index contributed by atoms with van der Waals surface area (Å²) in [6, 6.07) is 14.8. The van der Waals surface area contributed by atoms with Gasteiger partial charge in [0.05, 0.1) is 5.69 Å². The van der Waals surface area contributed by atoms with Crippen LogP contribution in [-0.4, -0.2) is 4.98 Å². The highest BCUT2D eigenvalue weighted by Crippen LogP contribution is 2.36. The number of benzene rings is 2. The van der Waals surface area contributed by atoms with Crippen LogP contribution in [0.4, 0.5) is 8.78 Å². The number of pyridine rings is 1. The van der Waals surface area contributed by atoms with Crippen molar-refractivity contribution < 1.29 is 8.78 Å². The van der Waals surface area contributed by atoms with Gasteiger partial charge in [-0.1, -0.05) is 50.8 Å². The number of alkyl halides is 1. The van der Waals surface area contributed by atoms with E-state index >= 15 is 0 Å². The van der Waals surface area contributed by atoms with Crippen molar-refractivity contribution in [3.05, 3.63) is 94.9 Å². The Morgan fingerprint density at radius 3 is 2.47 bits per heavy atom. The first kappa shape index (κ1) is 21.9. The molecule has 3 heteroatoms. The van der Waals surface area contributed by atoms with Crippen molar-refractivity contribution in [1.29, 1.82) is 0 Å². The first-order valence-corrected chi connectivity index (χ1v) is 10.4. The molecule has 0 N–H and O–H groups in total. The number of hydrogen-bond acceptors (Lipinski definition) is 1. The third-order valence-corrected chi connectivity index (χ3v) is 5.78. The van der Waals surface area contributed by atoms with Gasteiger partial charge in [0.15, 0.2) is 0 Å². The molecule has 3 aromatic rings. The van der Waals surface area contributed by atoms with E-state index in [1.807, 2.05) is 57.2 Å². The van der Waals surface area contributed by atoms with Crippen molar-refractivity contribution >= 4 is 5.57 Å². The predicted molar refractivity (Wildman–Crippen MR) is 122 cm³/mol. The molecule has 0 bridgehead atoms. The Hall–Kier alpha value is -2.81. The van der Waals surface area contributed by atoms with Gasteiger partial charge in [0, 0.05) is 17.7 Å². The van der Waals surface area contributed by atoms with E-state index in [9.17, 15) is 8.78 Å². The van der Waals surface area contributed by atoms with Crippen LogP contribution in [0.15, 0.2) is 61.3 Å². The molecule has 0 amide bonds. The SMILES string of the molecule is C=C(c1ccc(-c2ncccc2C)c(F)c1)[C@@H](C)c1ccc(CC)c(C(C)(C)F)c1. The van der Waals surface area contributed by atoms with E-state index < -0.39 is 5.67 Å². The molecule has 0 radical (unpaired) electrons. The smallest absolute Gasteiger partial charge is 0.133 e. The molecule has 1 heterocycles. The molecule has 2 aromatic carbocycles. The molecule has 3 rings (SSSR count). The van der Waals surface area contributed by atoms with E-state index in [-0.39, 0.29) is 11.7 Å². The van der Waals surface area contributed by atoms with E-state index in [0.29, 0.717) is 16.8 Å². The van der Waals surface area contributed by atoms with Crippen LogP contribution in [-0.2, 0) is 12.1 Å². The van der Waals surface area contributed by atoms with E-state index in [2.05, 4.69) is 11.6 Å². The molecule has 0 aliphatic heterocycles. The Morgan fingerprint density at radius 1 is 1.13 bits per heavy atom. The van der Waals surface area contributed by atoms with Crippen LogP contribution >= 0.6 is 0 Å². The van der Waals surface area contributed by atoms with Crippen molar-refractivity contribution in [1.82, 2.24) is 4.98 Å². The van der Waals surface area contributed by atoms with E-state index in [1.54, 1.807) is 26.1 Å². The summed E-state index contributed by atoms with van der Waals surface area (Å²) in [6.45, 7) is 13.4. The Bertz CT molecular complexity index is 1080. The first-order chi connectivity index (χ1) is 14.1. The standard InChI is InChI=1S/C27H29F2N/c1-7-20-10-11-21(15-24(20)27(5,6)29)18(3)19(4)22-12-13-23(25(28)16-22)26-17(2)9-8-14-30-26/h8-16,18H,4,7H2,1-3,5-6H3/t18-/m1/s1. The molecule has 1 aromatic heterocycles. The molecule has 30 heavy (non-hydrogen) atoms. The number of aryl methyl sites for hydroxylation is 2. The average Bonchev–Trinajstić information content (AvgIpc) is 2.72. The van der Waals surface area contributed by atoms with Crippen LogP contribution in [0.5, 0.6) is 0 Å². The monoisotopic (exact) mass is 405 g/mol. The molecule has 0 saturated heterocycles. The maximum absolute atomic E-state index is 14.9. The Balaban J connectivity index is 1.94. The van der Waals surface area contributed by atoms with Gasteiger partial charge < -0.3 is 0 Å². The van der Waals surface area contributed by atoms with Crippen molar-refractivity contribution in [2.24, 2.45) is 0 Å². The van der Waals surface area contributed by atoms with Gasteiger partial charge in [-0.25, -0.2) is 8.78 Å². The average molecular weight is 406 g/mol. The number of halogens is 2. The predicted octanol–water partition coefficient (Wildman–Crippen LogP) is 7.78. The van der Waals surface area contributed by atoms with Gasteiger partial charge in [0.1, 0.15) is 11.5 Å². The summed E-state index contributed by atoms with van der Waals surface area (Å²) in [7, 11) is 0. The summed E-state index contributed by atoms with van der Waals surface area (Å²) >= 11 is 0. The summed E-state index contributed by atoms with van der Waals surface area (Å²) < 4.78 is 29.7. The fourth-order valence-corrected chi connectivity index (χ4v) is 3.85. The van der Waals surface area contributed by atoms with Gasteiger partial charge in [-0.05, 0) is 78.8 Å². The van der Waals surface area contributed by atoms with Gasteiger partial charge in [-0.3, -0.25) is 4.98 Å². The summed E-state index contributed by atoms with van der Waals surface area (Å²) in [6.07, 6.45) is 2.44. The number of allylic oxidation sites excluding steroid dienone is 1. The molecule has 0 fully saturated rings.